The van der Waals surface area contributed by atoms with Gasteiger partial charge in [-0.05, 0) is 55.2 Å². The molecule has 0 radical (unpaired) electrons. The average Bonchev–Trinajstić information content (AvgIpc) is 2.52. The predicted molar refractivity (Wildman–Crippen MR) is 79.7 cm³/mol. The van der Waals surface area contributed by atoms with Crippen molar-refractivity contribution in [3.8, 4) is 12.1 Å². The van der Waals surface area contributed by atoms with Crippen molar-refractivity contribution in [1.29, 1.82) is 10.5 Å². The summed E-state index contributed by atoms with van der Waals surface area (Å²) < 4.78 is 0. The molecule has 0 aliphatic heterocycles. The van der Waals surface area contributed by atoms with Crippen LogP contribution in [0.4, 0.5) is 0 Å². The van der Waals surface area contributed by atoms with Gasteiger partial charge in [-0.2, -0.15) is 10.5 Å². The van der Waals surface area contributed by atoms with Crippen LogP contribution in [0, 0.1) is 28.6 Å². The number of hydrogen-bond acceptors (Lipinski definition) is 2. The van der Waals surface area contributed by atoms with Crippen LogP contribution in [-0.4, -0.2) is 0 Å². The van der Waals surface area contributed by atoms with Crippen LogP contribution in [0.5, 0.6) is 0 Å². The van der Waals surface area contributed by atoms with Gasteiger partial charge in [0.05, 0.1) is 17.7 Å². The zero-order valence-corrected chi connectivity index (χ0v) is 11.5. The smallest absolute Gasteiger partial charge is 0.0991 e. The Balaban J connectivity index is 1.88. The van der Waals surface area contributed by atoms with E-state index in [1.807, 2.05) is 24.3 Å². The molecule has 0 amide bonds. The van der Waals surface area contributed by atoms with Gasteiger partial charge in [0.1, 0.15) is 0 Å². The normalized spacial score (nSPS) is 22.7. The highest BCUT2D eigenvalue weighted by Gasteiger charge is 2.20. The van der Waals surface area contributed by atoms with E-state index in [0.29, 0.717) is 11.8 Å². The molecule has 1 fully saturated rings. The number of hydrogen-bond donors (Lipinski definition) is 0. The second-order valence-corrected chi connectivity index (χ2v) is 5.22. The standard InChI is InChI=1S/C18H18N2/c19-13-3-1-2-4-15-5-9-17(10-6-15)18-11-7-16(14-20)8-12-18/h1-4,7-8,11-12,15,17H,5-6,9-10H2/b3-1+,4-2+. The Hall–Kier alpha value is -2.32. The summed E-state index contributed by atoms with van der Waals surface area (Å²) in [5.41, 5.74) is 2.09. The average molecular weight is 262 g/mol. The quantitative estimate of drug-likeness (QED) is 0.596. The molecule has 0 N–H and O–H groups in total. The number of rotatable bonds is 3. The fraction of sp³-hybridized carbons (Fsp3) is 0.333. The third kappa shape index (κ3) is 3.84. The van der Waals surface area contributed by atoms with Crippen LogP contribution in [0.3, 0.4) is 0 Å². The van der Waals surface area contributed by atoms with Crippen LogP contribution in [0.15, 0.2) is 48.6 Å². The first-order chi connectivity index (χ1) is 9.83. The summed E-state index contributed by atoms with van der Waals surface area (Å²) in [5, 5.41) is 17.2. The van der Waals surface area contributed by atoms with Crippen LogP contribution in [0.25, 0.3) is 0 Å². The van der Waals surface area contributed by atoms with Gasteiger partial charge in [0, 0.05) is 6.08 Å². The zero-order valence-electron chi connectivity index (χ0n) is 11.5. The summed E-state index contributed by atoms with van der Waals surface area (Å²) in [4.78, 5) is 0. The molecular formula is C18H18N2. The number of nitrogens with zero attached hydrogens (tertiary/aromatic N) is 2. The summed E-state index contributed by atoms with van der Waals surface area (Å²) in [7, 11) is 0. The molecule has 20 heavy (non-hydrogen) atoms. The lowest BCUT2D eigenvalue weighted by atomic mass is 9.78. The Bertz CT molecular complexity index is 559. The maximum Gasteiger partial charge on any atom is 0.0991 e. The molecule has 0 aromatic heterocycles. The number of nitriles is 2. The maximum atomic E-state index is 8.81. The Labute approximate surface area is 120 Å². The lowest BCUT2D eigenvalue weighted by molar-refractivity contribution is 0.376. The molecule has 2 nitrogen and oxygen atoms in total. The van der Waals surface area contributed by atoms with Gasteiger partial charge in [0.25, 0.3) is 0 Å². The van der Waals surface area contributed by atoms with E-state index in [4.69, 9.17) is 10.5 Å². The van der Waals surface area contributed by atoms with Gasteiger partial charge in [-0.15, -0.1) is 0 Å². The van der Waals surface area contributed by atoms with E-state index in [9.17, 15) is 0 Å². The van der Waals surface area contributed by atoms with Gasteiger partial charge >= 0.3 is 0 Å². The van der Waals surface area contributed by atoms with E-state index in [1.54, 1.807) is 6.08 Å². The SMILES string of the molecule is N#C/C=C/C=C/C1CCC(c2ccc(C#N)cc2)CC1. The number of allylic oxidation sites excluding steroid dienone is 4. The Kier molecular flexibility index (Phi) is 5.15. The molecule has 1 aromatic rings. The fourth-order valence-corrected chi connectivity index (χ4v) is 2.79. The molecule has 2 heteroatoms. The second-order valence-electron chi connectivity index (χ2n) is 5.22. The van der Waals surface area contributed by atoms with Gasteiger partial charge in [0.15, 0.2) is 0 Å². The minimum absolute atomic E-state index is 0.627. The summed E-state index contributed by atoms with van der Waals surface area (Å²) in [6, 6.07) is 12.2. The summed E-state index contributed by atoms with van der Waals surface area (Å²) in [5.74, 6) is 1.26. The summed E-state index contributed by atoms with van der Waals surface area (Å²) in [6.45, 7) is 0. The third-order valence-corrected chi connectivity index (χ3v) is 3.95. The van der Waals surface area contributed by atoms with Crippen LogP contribution >= 0.6 is 0 Å². The van der Waals surface area contributed by atoms with Gasteiger partial charge in [-0.1, -0.05) is 30.4 Å². The minimum Gasteiger partial charge on any atom is -0.193 e. The molecule has 0 spiro atoms. The molecule has 100 valence electrons. The first-order valence-electron chi connectivity index (χ1n) is 7.06. The first-order valence-corrected chi connectivity index (χ1v) is 7.06. The molecule has 1 aromatic carbocycles. The van der Waals surface area contributed by atoms with E-state index in [2.05, 4.69) is 24.3 Å². The summed E-state index contributed by atoms with van der Waals surface area (Å²) >= 11 is 0. The molecular weight excluding hydrogens is 244 g/mol. The van der Waals surface area contributed by atoms with Crippen molar-refractivity contribution in [1.82, 2.24) is 0 Å². The Morgan fingerprint density at radius 3 is 2.25 bits per heavy atom. The topological polar surface area (TPSA) is 47.6 Å². The maximum absolute atomic E-state index is 8.81. The molecule has 1 saturated carbocycles. The van der Waals surface area contributed by atoms with Gasteiger partial charge in [-0.25, -0.2) is 0 Å². The minimum atomic E-state index is 0.627. The van der Waals surface area contributed by atoms with Crippen molar-refractivity contribution in [3.05, 3.63) is 59.7 Å². The Morgan fingerprint density at radius 2 is 1.65 bits per heavy atom. The van der Waals surface area contributed by atoms with Crippen molar-refractivity contribution < 1.29 is 0 Å². The number of benzene rings is 1. The highest BCUT2D eigenvalue weighted by atomic mass is 14.3. The van der Waals surface area contributed by atoms with E-state index < -0.39 is 0 Å². The van der Waals surface area contributed by atoms with E-state index in [0.717, 1.165) is 5.56 Å². The zero-order chi connectivity index (χ0) is 14.2. The lowest BCUT2D eigenvalue weighted by Gasteiger charge is -2.27. The van der Waals surface area contributed by atoms with Crippen LogP contribution < -0.4 is 0 Å². The predicted octanol–water partition coefficient (Wildman–Crippen LogP) is 4.47. The van der Waals surface area contributed by atoms with Gasteiger partial charge in [-0.3, -0.25) is 0 Å². The molecule has 0 heterocycles. The lowest BCUT2D eigenvalue weighted by Crippen LogP contribution is -2.11. The van der Waals surface area contributed by atoms with E-state index in [1.165, 1.54) is 37.3 Å². The Morgan fingerprint density at radius 1 is 0.950 bits per heavy atom. The summed E-state index contributed by atoms with van der Waals surface area (Å²) in [6.07, 6.45) is 12.3. The monoisotopic (exact) mass is 262 g/mol. The van der Waals surface area contributed by atoms with Crippen molar-refractivity contribution >= 4 is 0 Å². The highest BCUT2D eigenvalue weighted by molar-refractivity contribution is 5.33. The molecule has 1 aliphatic rings. The molecule has 0 bridgehead atoms. The molecule has 1 aliphatic carbocycles. The van der Waals surface area contributed by atoms with Gasteiger partial charge < -0.3 is 0 Å². The van der Waals surface area contributed by atoms with E-state index in [-0.39, 0.29) is 0 Å². The van der Waals surface area contributed by atoms with Crippen molar-refractivity contribution in [3.63, 3.8) is 0 Å². The van der Waals surface area contributed by atoms with Gasteiger partial charge in [0.2, 0.25) is 0 Å². The van der Waals surface area contributed by atoms with E-state index >= 15 is 0 Å². The molecule has 0 saturated heterocycles. The molecule has 0 unspecified atom stereocenters. The second kappa shape index (κ2) is 7.31. The first kappa shape index (κ1) is 14.1. The van der Waals surface area contributed by atoms with Crippen molar-refractivity contribution in [2.24, 2.45) is 5.92 Å². The van der Waals surface area contributed by atoms with Crippen LogP contribution in [0.2, 0.25) is 0 Å². The van der Waals surface area contributed by atoms with Crippen molar-refractivity contribution in [2.45, 2.75) is 31.6 Å². The van der Waals surface area contributed by atoms with Crippen LogP contribution in [0.1, 0.15) is 42.7 Å². The largest absolute Gasteiger partial charge is 0.193 e. The fourth-order valence-electron chi connectivity index (χ4n) is 2.79. The molecule has 0 atom stereocenters. The third-order valence-electron chi connectivity index (χ3n) is 3.95. The highest BCUT2D eigenvalue weighted by Crippen LogP contribution is 2.36. The van der Waals surface area contributed by atoms with Crippen molar-refractivity contribution in [2.75, 3.05) is 0 Å². The molecule has 2 rings (SSSR count). The van der Waals surface area contributed by atoms with Crippen LogP contribution in [-0.2, 0) is 0 Å².